The van der Waals surface area contributed by atoms with Crippen LogP contribution in [0.2, 0.25) is 0 Å². The summed E-state index contributed by atoms with van der Waals surface area (Å²) in [6, 6.07) is 7.89. The fourth-order valence-corrected chi connectivity index (χ4v) is 1.45. The highest BCUT2D eigenvalue weighted by molar-refractivity contribution is 5.28. The van der Waals surface area contributed by atoms with E-state index in [0.29, 0.717) is 6.61 Å². The van der Waals surface area contributed by atoms with Crippen molar-refractivity contribution in [3.8, 4) is 5.75 Å². The SMILES string of the molecule is C=CCOC(CC=C)c1ccc(OC)cc1. The summed E-state index contributed by atoms with van der Waals surface area (Å²) in [4.78, 5) is 0. The Balaban J connectivity index is 2.74. The van der Waals surface area contributed by atoms with E-state index in [-0.39, 0.29) is 6.10 Å². The van der Waals surface area contributed by atoms with E-state index < -0.39 is 0 Å². The van der Waals surface area contributed by atoms with E-state index in [1.165, 1.54) is 0 Å². The minimum Gasteiger partial charge on any atom is -0.497 e. The second kappa shape index (κ2) is 6.85. The fourth-order valence-electron chi connectivity index (χ4n) is 1.45. The Morgan fingerprint density at radius 1 is 1.19 bits per heavy atom. The average molecular weight is 218 g/mol. The van der Waals surface area contributed by atoms with Crippen LogP contribution in [0.5, 0.6) is 5.75 Å². The number of ether oxygens (including phenoxy) is 2. The van der Waals surface area contributed by atoms with E-state index in [9.17, 15) is 0 Å². The first-order valence-electron chi connectivity index (χ1n) is 5.29. The quantitative estimate of drug-likeness (QED) is 0.652. The maximum Gasteiger partial charge on any atom is 0.118 e. The molecule has 0 bridgehead atoms. The van der Waals surface area contributed by atoms with Gasteiger partial charge in [0.2, 0.25) is 0 Å². The van der Waals surface area contributed by atoms with Crippen LogP contribution in [0, 0.1) is 0 Å². The Morgan fingerprint density at radius 2 is 1.88 bits per heavy atom. The lowest BCUT2D eigenvalue weighted by molar-refractivity contribution is 0.0766. The third-order valence-corrected chi connectivity index (χ3v) is 2.28. The summed E-state index contributed by atoms with van der Waals surface area (Å²) in [5.74, 6) is 0.852. The molecule has 0 heterocycles. The van der Waals surface area contributed by atoms with Crippen molar-refractivity contribution >= 4 is 0 Å². The van der Waals surface area contributed by atoms with Gasteiger partial charge in [-0.05, 0) is 24.1 Å². The lowest BCUT2D eigenvalue weighted by Gasteiger charge is -2.16. The van der Waals surface area contributed by atoms with Gasteiger partial charge in [-0.15, -0.1) is 13.2 Å². The zero-order valence-electron chi connectivity index (χ0n) is 9.69. The molecule has 1 atom stereocenters. The Labute approximate surface area is 97.2 Å². The molecule has 0 aliphatic carbocycles. The van der Waals surface area contributed by atoms with Crippen LogP contribution in [0.25, 0.3) is 0 Å². The Bertz CT molecular complexity index is 327. The molecule has 1 aromatic rings. The van der Waals surface area contributed by atoms with Crippen molar-refractivity contribution in [2.45, 2.75) is 12.5 Å². The standard InChI is InChI=1S/C14H18O2/c1-4-6-14(16-11-5-2)12-7-9-13(15-3)10-8-12/h4-5,7-10,14H,1-2,6,11H2,3H3. The summed E-state index contributed by atoms with van der Waals surface area (Å²) in [6.07, 6.45) is 4.44. The minimum absolute atomic E-state index is 0.0430. The van der Waals surface area contributed by atoms with Gasteiger partial charge in [-0.25, -0.2) is 0 Å². The third kappa shape index (κ3) is 3.55. The maximum absolute atomic E-state index is 5.66. The van der Waals surface area contributed by atoms with Crippen LogP contribution in [0.3, 0.4) is 0 Å². The largest absolute Gasteiger partial charge is 0.497 e. The van der Waals surface area contributed by atoms with Gasteiger partial charge in [0.1, 0.15) is 5.75 Å². The molecule has 1 aromatic carbocycles. The zero-order valence-corrected chi connectivity index (χ0v) is 9.69. The van der Waals surface area contributed by atoms with E-state index in [1.807, 2.05) is 30.3 Å². The first kappa shape index (κ1) is 12.5. The van der Waals surface area contributed by atoms with Gasteiger partial charge in [0.15, 0.2) is 0 Å². The predicted octanol–water partition coefficient (Wildman–Crippen LogP) is 3.52. The van der Waals surface area contributed by atoms with E-state index in [2.05, 4.69) is 13.2 Å². The average Bonchev–Trinajstić information content (AvgIpc) is 2.35. The van der Waals surface area contributed by atoms with Gasteiger partial charge in [0.25, 0.3) is 0 Å². The minimum atomic E-state index is 0.0430. The molecule has 0 fully saturated rings. The topological polar surface area (TPSA) is 18.5 Å². The van der Waals surface area contributed by atoms with Gasteiger partial charge < -0.3 is 9.47 Å². The Kier molecular flexibility index (Phi) is 5.37. The smallest absolute Gasteiger partial charge is 0.118 e. The van der Waals surface area contributed by atoms with Crippen LogP contribution in [-0.4, -0.2) is 13.7 Å². The van der Waals surface area contributed by atoms with Gasteiger partial charge in [-0.1, -0.05) is 24.3 Å². The van der Waals surface area contributed by atoms with Crippen LogP contribution in [0.1, 0.15) is 18.1 Å². The molecule has 2 nitrogen and oxygen atoms in total. The molecule has 1 rings (SSSR count). The first-order chi connectivity index (χ1) is 7.81. The molecule has 16 heavy (non-hydrogen) atoms. The second-order valence-electron chi connectivity index (χ2n) is 3.41. The molecule has 1 unspecified atom stereocenters. The predicted molar refractivity (Wildman–Crippen MR) is 66.7 cm³/mol. The summed E-state index contributed by atoms with van der Waals surface area (Å²) in [7, 11) is 1.66. The fraction of sp³-hybridized carbons (Fsp3) is 0.286. The summed E-state index contributed by atoms with van der Waals surface area (Å²) in [5, 5.41) is 0. The van der Waals surface area contributed by atoms with Gasteiger partial charge in [0.05, 0.1) is 19.8 Å². The lowest BCUT2D eigenvalue weighted by atomic mass is 10.1. The van der Waals surface area contributed by atoms with Crippen molar-refractivity contribution in [2.24, 2.45) is 0 Å². The van der Waals surface area contributed by atoms with Crippen molar-refractivity contribution in [1.29, 1.82) is 0 Å². The third-order valence-electron chi connectivity index (χ3n) is 2.28. The molecular weight excluding hydrogens is 200 g/mol. The molecule has 0 aliphatic heterocycles. The molecule has 0 amide bonds. The van der Waals surface area contributed by atoms with Crippen molar-refractivity contribution in [1.82, 2.24) is 0 Å². The van der Waals surface area contributed by atoms with Crippen LogP contribution < -0.4 is 4.74 Å². The lowest BCUT2D eigenvalue weighted by Crippen LogP contribution is -2.03. The summed E-state index contributed by atoms with van der Waals surface area (Å²) in [6.45, 7) is 7.93. The monoisotopic (exact) mass is 218 g/mol. The van der Waals surface area contributed by atoms with E-state index in [0.717, 1.165) is 17.7 Å². The molecule has 0 aliphatic rings. The number of methoxy groups -OCH3 is 1. The van der Waals surface area contributed by atoms with Crippen LogP contribution in [0.15, 0.2) is 49.6 Å². The van der Waals surface area contributed by atoms with Gasteiger partial charge in [-0.3, -0.25) is 0 Å². The van der Waals surface area contributed by atoms with Crippen LogP contribution in [0.4, 0.5) is 0 Å². The van der Waals surface area contributed by atoms with Gasteiger partial charge >= 0.3 is 0 Å². The highest BCUT2D eigenvalue weighted by atomic mass is 16.5. The van der Waals surface area contributed by atoms with Crippen molar-refractivity contribution in [3.63, 3.8) is 0 Å². The van der Waals surface area contributed by atoms with Crippen LogP contribution in [-0.2, 0) is 4.74 Å². The molecule has 0 radical (unpaired) electrons. The summed E-state index contributed by atoms with van der Waals surface area (Å²) < 4.78 is 10.8. The molecule has 86 valence electrons. The number of hydrogen-bond acceptors (Lipinski definition) is 2. The van der Waals surface area contributed by atoms with Crippen molar-refractivity contribution in [3.05, 3.63) is 55.1 Å². The molecule has 2 heteroatoms. The van der Waals surface area contributed by atoms with Crippen LogP contribution >= 0.6 is 0 Å². The molecule has 0 saturated carbocycles. The number of hydrogen-bond donors (Lipinski definition) is 0. The van der Waals surface area contributed by atoms with Crippen molar-refractivity contribution in [2.75, 3.05) is 13.7 Å². The number of benzene rings is 1. The first-order valence-corrected chi connectivity index (χ1v) is 5.29. The summed E-state index contributed by atoms with van der Waals surface area (Å²) in [5.41, 5.74) is 1.13. The Hall–Kier alpha value is -1.54. The molecule has 0 N–H and O–H groups in total. The van der Waals surface area contributed by atoms with E-state index >= 15 is 0 Å². The van der Waals surface area contributed by atoms with Gasteiger partial charge in [-0.2, -0.15) is 0 Å². The van der Waals surface area contributed by atoms with Gasteiger partial charge in [0, 0.05) is 0 Å². The molecular formula is C14H18O2. The second-order valence-corrected chi connectivity index (χ2v) is 3.41. The maximum atomic E-state index is 5.66. The summed E-state index contributed by atoms with van der Waals surface area (Å²) >= 11 is 0. The zero-order chi connectivity index (χ0) is 11.8. The molecule has 0 saturated heterocycles. The van der Waals surface area contributed by atoms with E-state index in [4.69, 9.17) is 9.47 Å². The highest BCUT2D eigenvalue weighted by Crippen LogP contribution is 2.23. The number of rotatable bonds is 7. The van der Waals surface area contributed by atoms with E-state index in [1.54, 1.807) is 13.2 Å². The highest BCUT2D eigenvalue weighted by Gasteiger charge is 2.09. The van der Waals surface area contributed by atoms with Crippen molar-refractivity contribution < 1.29 is 9.47 Å². The molecule has 0 spiro atoms. The normalized spacial score (nSPS) is 11.8. The Morgan fingerprint density at radius 3 is 2.38 bits per heavy atom. The molecule has 0 aromatic heterocycles.